The third-order valence-corrected chi connectivity index (χ3v) is 1.97. The molecule has 0 spiro atoms. The van der Waals surface area contributed by atoms with Gasteiger partial charge in [-0.25, -0.2) is 0 Å². The molecular formula is C9H9N3O. The molecule has 2 rings (SSSR count). The number of aromatic amines is 1. The largest absolute Gasteiger partial charge is 0.294 e. The summed E-state index contributed by atoms with van der Waals surface area (Å²) in [7, 11) is 0. The van der Waals surface area contributed by atoms with Crippen molar-refractivity contribution in [3.63, 3.8) is 0 Å². The molecule has 13 heavy (non-hydrogen) atoms. The molecule has 0 bridgehead atoms. The Morgan fingerprint density at radius 3 is 3.15 bits per heavy atom. The number of benzene rings is 1. The molecule has 0 fully saturated rings. The quantitative estimate of drug-likeness (QED) is 0.704. The van der Waals surface area contributed by atoms with E-state index in [0.29, 0.717) is 12.0 Å². The predicted molar refractivity (Wildman–Crippen MR) is 48.5 cm³/mol. The van der Waals surface area contributed by atoms with E-state index < -0.39 is 0 Å². The lowest BCUT2D eigenvalue weighted by molar-refractivity contribution is 0.0988. The van der Waals surface area contributed by atoms with Crippen LogP contribution in [0.4, 0.5) is 0 Å². The Kier molecular flexibility index (Phi) is 1.81. The van der Waals surface area contributed by atoms with Crippen LogP contribution in [0.3, 0.4) is 0 Å². The zero-order valence-corrected chi connectivity index (χ0v) is 7.24. The maximum Gasteiger partial charge on any atom is 0.162 e. The molecule has 1 heterocycles. The lowest BCUT2D eigenvalue weighted by atomic mass is 10.1. The van der Waals surface area contributed by atoms with Crippen molar-refractivity contribution in [2.45, 2.75) is 13.3 Å². The van der Waals surface area contributed by atoms with E-state index in [1.165, 1.54) is 0 Å². The molecule has 0 aliphatic carbocycles. The highest BCUT2D eigenvalue weighted by Gasteiger charge is 2.04. The van der Waals surface area contributed by atoms with Gasteiger partial charge in [0.2, 0.25) is 0 Å². The van der Waals surface area contributed by atoms with Gasteiger partial charge in [-0.1, -0.05) is 12.1 Å². The smallest absolute Gasteiger partial charge is 0.162 e. The predicted octanol–water partition coefficient (Wildman–Crippen LogP) is 1.55. The number of Topliss-reactive ketones (excluding diaryl/α,β-unsaturated/α-hetero) is 1. The van der Waals surface area contributed by atoms with Crippen LogP contribution in [0.15, 0.2) is 18.2 Å². The topological polar surface area (TPSA) is 58.6 Å². The number of nitrogens with zero attached hydrogens (tertiary/aromatic N) is 2. The fourth-order valence-corrected chi connectivity index (χ4v) is 1.22. The van der Waals surface area contributed by atoms with Crippen LogP contribution in [0.1, 0.15) is 23.7 Å². The number of carbonyl (C=O) groups is 1. The molecule has 2 aromatic rings. The summed E-state index contributed by atoms with van der Waals surface area (Å²) < 4.78 is 0. The van der Waals surface area contributed by atoms with Gasteiger partial charge in [-0.05, 0) is 18.2 Å². The highest BCUT2D eigenvalue weighted by Crippen LogP contribution is 2.11. The molecule has 1 N–H and O–H groups in total. The molecule has 66 valence electrons. The summed E-state index contributed by atoms with van der Waals surface area (Å²) in [4.78, 5) is 11.3. The van der Waals surface area contributed by atoms with E-state index in [9.17, 15) is 4.79 Å². The average molecular weight is 175 g/mol. The first-order chi connectivity index (χ1) is 6.31. The number of fused-ring (bicyclic) bond motifs is 1. The van der Waals surface area contributed by atoms with E-state index in [0.717, 1.165) is 11.0 Å². The van der Waals surface area contributed by atoms with E-state index in [1.807, 2.05) is 13.0 Å². The molecule has 4 heteroatoms. The SMILES string of the molecule is CCC(=O)c1ccc2[nH]nnc2c1. The van der Waals surface area contributed by atoms with Crippen molar-refractivity contribution in [3.8, 4) is 0 Å². The first kappa shape index (κ1) is 7.91. The van der Waals surface area contributed by atoms with Crippen LogP contribution in [0.2, 0.25) is 0 Å². The van der Waals surface area contributed by atoms with Gasteiger partial charge in [0.1, 0.15) is 5.52 Å². The number of hydrogen-bond donors (Lipinski definition) is 1. The van der Waals surface area contributed by atoms with Crippen molar-refractivity contribution in [3.05, 3.63) is 23.8 Å². The van der Waals surface area contributed by atoms with Crippen LogP contribution < -0.4 is 0 Å². The van der Waals surface area contributed by atoms with Crippen molar-refractivity contribution in [2.75, 3.05) is 0 Å². The fourth-order valence-electron chi connectivity index (χ4n) is 1.22. The second kappa shape index (κ2) is 2.97. The number of hydrogen-bond acceptors (Lipinski definition) is 3. The Morgan fingerprint density at radius 1 is 1.54 bits per heavy atom. The van der Waals surface area contributed by atoms with E-state index >= 15 is 0 Å². The number of H-pyrrole nitrogens is 1. The van der Waals surface area contributed by atoms with Crippen LogP contribution in [-0.4, -0.2) is 21.2 Å². The summed E-state index contributed by atoms with van der Waals surface area (Å²) in [5, 5.41) is 10.2. The molecule has 0 aliphatic heterocycles. The summed E-state index contributed by atoms with van der Waals surface area (Å²) >= 11 is 0. The molecule has 0 saturated carbocycles. The Morgan fingerprint density at radius 2 is 2.38 bits per heavy atom. The third kappa shape index (κ3) is 1.30. The monoisotopic (exact) mass is 175 g/mol. The summed E-state index contributed by atoms with van der Waals surface area (Å²) in [6, 6.07) is 5.36. The van der Waals surface area contributed by atoms with Crippen LogP contribution in [0.5, 0.6) is 0 Å². The van der Waals surface area contributed by atoms with E-state index in [1.54, 1.807) is 12.1 Å². The summed E-state index contributed by atoms with van der Waals surface area (Å²) in [5.41, 5.74) is 2.29. The summed E-state index contributed by atoms with van der Waals surface area (Å²) in [5.74, 6) is 0.130. The second-order valence-electron chi connectivity index (χ2n) is 2.82. The number of rotatable bonds is 2. The Hall–Kier alpha value is -1.71. The van der Waals surface area contributed by atoms with Gasteiger partial charge in [0, 0.05) is 12.0 Å². The highest BCUT2D eigenvalue weighted by molar-refractivity contribution is 5.98. The third-order valence-electron chi connectivity index (χ3n) is 1.97. The first-order valence-electron chi connectivity index (χ1n) is 4.15. The number of nitrogens with one attached hydrogen (secondary N) is 1. The standard InChI is InChI=1S/C9H9N3O/c1-2-9(13)6-3-4-7-8(5-6)11-12-10-7/h3-5H,2H2,1H3,(H,10,11,12). The summed E-state index contributed by atoms with van der Waals surface area (Å²) in [6.07, 6.45) is 0.517. The van der Waals surface area contributed by atoms with Gasteiger partial charge in [-0.15, -0.1) is 5.10 Å². The molecule has 0 amide bonds. The van der Waals surface area contributed by atoms with E-state index in [2.05, 4.69) is 15.4 Å². The van der Waals surface area contributed by atoms with Crippen molar-refractivity contribution >= 4 is 16.8 Å². The number of carbonyl (C=O) groups excluding carboxylic acids is 1. The maximum absolute atomic E-state index is 11.3. The van der Waals surface area contributed by atoms with Crippen molar-refractivity contribution < 1.29 is 4.79 Å². The lowest BCUT2D eigenvalue weighted by Gasteiger charge is -1.95. The molecule has 1 aromatic carbocycles. The van der Waals surface area contributed by atoms with Crippen molar-refractivity contribution in [1.29, 1.82) is 0 Å². The maximum atomic E-state index is 11.3. The lowest BCUT2D eigenvalue weighted by Crippen LogP contribution is -1.95. The van der Waals surface area contributed by atoms with Gasteiger partial charge < -0.3 is 0 Å². The molecule has 0 atom stereocenters. The van der Waals surface area contributed by atoms with Gasteiger partial charge >= 0.3 is 0 Å². The molecule has 0 saturated heterocycles. The first-order valence-corrected chi connectivity index (χ1v) is 4.15. The Balaban J connectivity index is 2.54. The zero-order valence-electron chi connectivity index (χ0n) is 7.24. The minimum absolute atomic E-state index is 0.130. The normalized spacial score (nSPS) is 10.5. The van der Waals surface area contributed by atoms with E-state index in [-0.39, 0.29) is 5.78 Å². The highest BCUT2D eigenvalue weighted by atomic mass is 16.1. The van der Waals surface area contributed by atoms with Crippen LogP contribution in [-0.2, 0) is 0 Å². The number of aromatic nitrogens is 3. The van der Waals surface area contributed by atoms with Crippen molar-refractivity contribution in [2.24, 2.45) is 0 Å². The second-order valence-corrected chi connectivity index (χ2v) is 2.82. The van der Waals surface area contributed by atoms with Crippen LogP contribution in [0, 0.1) is 0 Å². The Bertz CT molecular complexity index is 447. The molecule has 1 aromatic heterocycles. The van der Waals surface area contributed by atoms with Crippen LogP contribution in [0.25, 0.3) is 11.0 Å². The molecular weight excluding hydrogens is 166 g/mol. The molecule has 4 nitrogen and oxygen atoms in total. The minimum atomic E-state index is 0.130. The van der Waals surface area contributed by atoms with Crippen molar-refractivity contribution in [1.82, 2.24) is 15.4 Å². The average Bonchev–Trinajstić information content (AvgIpc) is 2.63. The van der Waals surface area contributed by atoms with E-state index in [4.69, 9.17) is 0 Å². The fraction of sp³-hybridized carbons (Fsp3) is 0.222. The summed E-state index contributed by atoms with van der Waals surface area (Å²) in [6.45, 7) is 1.84. The van der Waals surface area contributed by atoms with Gasteiger partial charge in [0.25, 0.3) is 0 Å². The minimum Gasteiger partial charge on any atom is -0.294 e. The van der Waals surface area contributed by atoms with Gasteiger partial charge in [-0.2, -0.15) is 0 Å². The van der Waals surface area contributed by atoms with Gasteiger partial charge in [0.05, 0.1) is 5.52 Å². The van der Waals surface area contributed by atoms with Gasteiger partial charge in [-0.3, -0.25) is 9.89 Å². The van der Waals surface area contributed by atoms with Gasteiger partial charge in [0.15, 0.2) is 5.78 Å². The molecule has 0 aliphatic rings. The molecule has 0 unspecified atom stereocenters. The zero-order chi connectivity index (χ0) is 9.26. The van der Waals surface area contributed by atoms with Crippen LogP contribution >= 0.6 is 0 Å². The molecule has 0 radical (unpaired) electrons. The Labute approximate surface area is 75.0 Å². The number of ketones is 1.